The minimum absolute atomic E-state index is 0.297. The highest BCUT2D eigenvalue weighted by atomic mass is 16.2. The van der Waals surface area contributed by atoms with Crippen LogP contribution in [0.4, 0.5) is 16.2 Å². The summed E-state index contributed by atoms with van der Waals surface area (Å²) in [6, 6.07) is 5.59. The number of primary amides is 1. The number of amides is 4. The second-order valence-corrected chi connectivity index (χ2v) is 3.31. The fraction of sp³-hybridized carbons (Fsp3) is 0.100. The molecule has 0 saturated heterocycles. The molecule has 2 rings (SSSR count). The fourth-order valence-corrected chi connectivity index (χ4v) is 1.56. The van der Waals surface area contributed by atoms with Gasteiger partial charge in [-0.05, 0) is 12.1 Å². The number of benzene rings is 1. The van der Waals surface area contributed by atoms with Crippen LogP contribution in [0.2, 0.25) is 0 Å². The van der Waals surface area contributed by atoms with Crippen LogP contribution in [0.25, 0.3) is 0 Å². The molecule has 0 radical (unpaired) electrons. The maximum Gasteiger partial charge on any atom is 0.326 e. The molecule has 4 amide bonds. The zero-order valence-electron chi connectivity index (χ0n) is 8.27. The van der Waals surface area contributed by atoms with Crippen molar-refractivity contribution in [1.29, 1.82) is 0 Å². The summed E-state index contributed by atoms with van der Waals surface area (Å²) >= 11 is 0. The summed E-state index contributed by atoms with van der Waals surface area (Å²) in [6.07, 6.45) is -0.391. The summed E-state index contributed by atoms with van der Waals surface area (Å²) in [5, 5.41) is 2.53. The molecule has 3 N–H and O–H groups in total. The van der Waals surface area contributed by atoms with Crippen LogP contribution in [-0.2, 0) is 9.59 Å². The molecule has 0 spiro atoms. The van der Waals surface area contributed by atoms with Crippen molar-refractivity contribution in [2.75, 3.05) is 10.2 Å². The molecule has 1 aromatic rings. The molecule has 0 aromatic heterocycles. The molecule has 0 saturated carbocycles. The smallest absolute Gasteiger partial charge is 0.326 e. The molecule has 1 aliphatic heterocycles. The Morgan fingerprint density at radius 1 is 1.31 bits per heavy atom. The van der Waals surface area contributed by atoms with Gasteiger partial charge in [-0.15, -0.1) is 0 Å². The van der Waals surface area contributed by atoms with E-state index in [9.17, 15) is 14.4 Å². The number of fused-ring (bicyclic) bond motifs is 1. The summed E-state index contributed by atoms with van der Waals surface area (Å²) in [6.45, 7) is 0. The molecule has 16 heavy (non-hydrogen) atoms. The maximum atomic E-state index is 11.6. The standard InChI is InChI=1S/C10H9N3O3/c11-10(16)13-7-4-2-1-3-6(7)12-8(14)5-9(13)15/h1-4H,5H2,(H2,11,16)(H,12,14). The van der Waals surface area contributed by atoms with Crippen LogP contribution >= 0.6 is 0 Å². The van der Waals surface area contributed by atoms with Crippen LogP contribution < -0.4 is 16.0 Å². The predicted octanol–water partition coefficient (Wildman–Crippen LogP) is 0.440. The van der Waals surface area contributed by atoms with Crippen molar-refractivity contribution >= 4 is 29.2 Å². The molecule has 82 valence electrons. The first kappa shape index (κ1) is 10.2. The highest BCUT2D eigenvalue weighted by Crippen LogP contribution is 2.28. The average Bonchev–Trinajstić information content (AvgIpc) is 2.31. The molecule has 0 unspecified atom stereocenters. The molecule has 1 heterocycles. The minimum Gasteiger partial charge on any atom is -0.351 e. The number of nitrogens with two attached hydrogens (primary N) is 1. The van der Waals surface area contributed by atoms with Gasteiger partial charge in [0.1, 0.15) is 6.42 Å². The molecule has 6 nitrogen and oxygen atoms in total. The van der Waals surface area contributed by atoms with E-state index < -0.39 is 24.3 Å². The molecule has 0 atom stereocenters. The van der Waals surface area contributed by atoms with Gasteiger partial charge in [-0.25, -0.2) is 9.69 Å². The number of nitrogens with one attached hydrogen (secondary N) is 1. The molecule has 6 heteroatoms. The summed E-state index contributed by atoms with van der Waals surface area (Å²) in [5.41, 5.74) is 5.81. The summed E-state index contributed by atoms with van der Waals surface area (Å²) in [7, 11) is 0. The Morgan fingerprint density at radius 2 is 2.00 bits per heavy atom. The van der Waals surface area contributed by atoms with Crippen molar-refractivity contribution in [2.24, 2.45) is 5.73 Å². The third kappa shape index (κ3) is 1.60. The predicted molar refractivity (Wildman–Crippen MR) is 56.8 cm³/mol. The third-order valence-electron chi connectivity index (χ3n) is 2.20. The van der Waals surface area contributed by atoms with Crippen molar-refractivity contribution in [3.8, 4) is 0 Å². The van der Waals surface area contributed by atoms with E-state index >= 15 is 0 Å². The van der Waals surface area contributed by atoms with Crippen molar-refractivity contribution in [2.45, 2.75) is 6.42 Å². The number of hydrogen-bond acceptors (Lipinski definition) is 3. The Bertz CT molecular complexity index is 484. The van der Waals surface area contributed by atoms with Crippen LogP contribution in [0.1, 0.15) is 6.42 Å². The quantitative estimate of drug-likeness (QED) is 0.620. The van der Waals surface area contributed by atoms with E-state index in [1.165, 1.54) is 0 Å². The maximum absolute atomic E-state index is 11.6. The van der Waals surface area contributed by atoms with Gasteiger partial charge in [0.05, 0.1) is 11.4 Å². The molecule has 1 aromatic carbocycles. The van der Waals surface area contributed by atoms with E-state index in [0.717, 1.165) is 4.90 Å². The van der Waals surface area contributed by atoms with E-state index in [1.807, 2.05) is 0 Å². The molecular weight excluding hydrogens is 210 g/mol. The molecular formula is C10H9N3O3. The average molecular weight is 219 g/mol. The first-order valence-corrected chi connectivity index (χ1v) is 4.61. The van der Waals surface area contributed by atoms with E-state index in [4.69, 9.17) is 5.73 Å². The summed E-state index contributed by atoms with van der Waals surface area (Å²) < 4.78 is 0. The second-order valence-electron chi connectivity index (χ2n) is 3.31. The summed E-state index contributed by atoms with van der Waals surface area (Å²) in [5.74, 6) is -1.09. The van der Waals surface area contributed by atoms with Gasteiger partial charge >= 0.3 is 6.03 Å². The van der Waals surface area contributed by atoms with Gasteiger partial charge in [0.15, 0.2) is 0 Å². The highest BCUT2D eigenvalue weighted by molar-refractivity contribution is 6.23. The van der Waals surface area contributed by atoms with Gasteiger partial charge < -0.3 is 11.1 Å². The Labute approximate surface area is 91.0 Å². The Morgan fingerprint density at radius 3 is 2.69 bits per heavy atom. The minimum atomic E-state index is -0.894. The lowest BCUT2D eigenvalue weighted by molar-refractivity contribution is -0.124. The lowest BCUT2D eigenvalue weighted by Crippen LogP contribution is -2.40. The Hall–Kier alpha value is -2.37. The highest BCUT2D eigenvalue weighted by Gasteiger charge is 2.29. The molecule has 1 aliphatic rings. The number of imide groups is 1. The van der Waals surface area contributed by atoms with Crippen molar-refractivity contribution < 1.29 is 14.4 Å². The van der Waals surface area contributed by atoms with Crippen LogP contribution in [-0.4, -0.2) is 17.8 Å². The summed E-state index contributed by atoms with van der Waals surface area (Å²) in [4.78, 5) is 34.9. The first-order valence-electron chi connectivity index (χ1n) is 4.61. The number of hydrogen-bond donors (Lipinski definition) is 2. The van der Waals surface area contributed by atoms with Gasteiger partial charge in [-0.2, -0.15) is 0 Å². The van der Waals surface area contributed by atoms with E-state index in [-0.39, 0.29) is 0 Å². The Balaban J connectivity index is 2.57. The number of carbonyl (C=O) groups excluding carboxylic acids is 3. The van der Waals surface area contributed by atoms with Crippen molar-refractivity contribution in [3.63, 3.8) is 0 Å². The molecule has 0 bridgehead atoms. The molecule has 0 aliphatic carbocycles. The first-order chi connectivity index (χ1) is 7.59. The lowest BCUT2D eigenvalue weighted by Gasteiger charge is -2.17. The number of rotatable bonds is 0. The van der Waals surface area contributed by atoms with E-state index in [2.05, 4.69) is 5.32 Å². The van der Waals surface area contributed by atoms with Crippen molar-refractivity contribution in [1.82, 2.24) is 0 Å². The second kappa shape index (κ2) is 3.65. The topological polar surface area (TPSA) is 92.5 Å². The van der Waals surface area contributed by atoms with Crippen LogP contribution in [0.5, 0.6) is 0 Å². The SMILES string of the molecule is NC(=O)N1C(=O)CC(=O)Nc2ccccc21. The zero-order valence-corrected chi connectivity index (χ0v) is 8.27. The number of anilines is 2. The monoisotopic (exact) mass is 219 g/mol. The van der Waals surface area contributed by atoms with Gasteiger partial charge in [0.2, 0.25) is 11.8 Å². The lowest BCUT2D eigenvalue weighted by atomic mass is 10.2. The number of urea groups is 1. The normalized spacial score (nSPS) is 15.1. The Kier molecular flexibility index (Phi) is 2.32. The number of para-hydroxylation sites is 2. The number of nitrogens with zero attached hydrogens (tertiary/aromatic N) is 1. The van der Waals surface area contributed by atoms with Gasteiger partial charge in [-0.1, -0.05) is 12.1 Å². The van der Waals surface area contributed by atoms with Gasteiger partial charge in [0.25, 0.3) is 0 Å². The zero-order chi connectivity index (χ0) is 11.7. The van der Waals surface area contributed by atoms with Gasteiger partial charge in [-0.3, -0.25) is 9.59 Å². The van der Waals surface area contributed by atoms with Gasteiger partial charge in [0, 0.05) is 0 Å². The fourth-order valence-electron chi connectivity index (χ4n) is 1.56. The molecule has 0 fully saturated rings. The van der Waals surface area contributed by atoms with Crippen LogP contribution in [0, 0.1) is 0 Å². The van der Waals surface area contributed by atoms with Crippen LogP contribution in [0.3, 0.4) is 0 Å². The van der Waals surface area contributed by atoms with E-state index in [0.29, 0.717) is 11.4 Å². The third-order valence-corrected chi connectivity index (χ3v) is 2.20. The largest absolute Gasteiger partial charge is 0.351 e. The number of carbonyl (C=O) groups is 3. The van der Waals surface area contributed by atoms with Crippen LogP contribution in [0.15, 0.2) is 24.3 Å². The van der Waals surface area contributed by atoms with Crippen molar-refractivity contribution in [3.05, 3.63) is 24.3 Å². The van der Waals surface area contributed by atoms with E-state index in [1.54, 1.807) is 24.3 Å².